The summed E-state index contributed by atoms with van der Waals surface area (Å²) < 4.78 is 15.2. The van der Waals surface area contributed by atoms with Crippen molar-refractivity contribution in [2.45, 2.75) is 6.54 Å². The highest BCUT2D eigenvalue weighted by atomic mass is 35.5. The summed E-state index contributed by atoms with van der Waals surface area (Å²) >= 11 is 6.11. The van der Waals surface area contributed by atoms with Crippen molar-refractivity contribution in [1.82, 2.24) is 19.7 Å². The molecule has 5 aromatic rings. The second-order valence-corrected chi connectivity index (χ2v) is 7.80. The van der Waals surface area contributed by atoms with Crippen LogP contribution in [0.25, 0.3) is 22.3 Å². The van der Waals surface area contributed by atoms with Crippen molar-refractivity contribution in [3.05, 3.63) is 107 Å². The lowest BCUT2D eigenvalue weighted by Gasteiger charge is -2.11. The van der Waals surface area contributed by atoms with E-state index in [9.17, 15) is 9.18 Å². The molecule has 0 unspecified atom stereocenters. The van der Waals surface area contributed by atoms with Crippen molar-refractivity contribution < 1.29 is 9.18 Å². The summed E-state index contributed by atoms with van der Waals surface area (Å²) in [6.07, 6.45) is 5.06. The summed E-state index contributed by atoms with van der Waals surface area (Å²) in [7, 11) is 0. The molecule has 0 atom stereocenters. The third kappa shape index (κ3) is 4.31. The van der Waals surface area contributed by atoms with Gasteiger partial charge in [-0.05, 0) is 42.0 Å². The van der Waals surface area contributed by atoms with Gasteiger partial charge in [-0.3, -0.25) is 9.78 Å². The summed E-state index contributed by atoms with van der Waals surface area (Å²) in [5.74, 6) is -0.871. The Hall–Kier alpha value is -4.10. The first-order valence-electron chi connectivity index (χ1n) is 10.2. The quantitative estimate of drug-likeness (QED) is 0.373. The van der Waals surface area contributed by atoms with E-state index in [1.807, 2.05) is 42.5 Å². The number of hydrogen-bond acceptors (Lipinski definition) is 4. The zero-order valence-electron chi connectivity index (χ0n) is 17.2. The maximum absolute atomic E-state index is 13.4. The van der Waals surface area contributed by atoms with Gasteiger partial charge in [0.1, 0.15) is 5.82 Å². The number of benzene rings is 2. The van der Waals surface area contributed by atoms with Gasteiger partial charge in [0.15, 0.2) is 5.65 Å². The molecule has 2 aromatic carbocycles. The predicted molar refractivity (Wildman–Crippen MR) is 126 cm³/mol. The Morgan fingerprint density at radius 2 is 1.82 bits per heavy atom. The highest BCUT2D eigenvalue weighted by molar-refractivity contribution is 6.34. The van der Waals surface area contributed by atoms with Gasteiger partial charge in [0, 0.05) is 18.0 Å². The normalized spacial score (nSPS) is 11.0. The van der Waals surface area contributed by atoms with Gasteiger partial charge < -0.3 is 5.32 Å². The summed E-state index contributed by atoms with van der Waals surface area (Å²) in [6, 6.07) is 18.9. The zero-order chi connectivity index (χ0) is 22.8. The molecule has 8 heteroatoms. The third-order valence-electron chi connectivity index (χ3n) is 5.18. The summed E-state index contributed by atoms with van der Waals surface area (Å²) in [6.45, 7) is 0.474. The molecule has 0 spiro atoms. The van der Waals surface area contributed by atoms with Gasteiger partial charge in [-0.2, -0.15) is 5.10 Å². The number of fused-ring (bicyclic) bond motifs is 1. The molecule has 162 valence electrons. The Kier molecular flexibility index (Phi) is 5.54. The first kappa shape index (κ1) is 20.8. The number of nitrogens with zero attached hydrogens (tertiary/aromatic N) is 4. The molecule has 5 rings (SSSR count). The predicted octanol–water partition coefficient (Wildman–Crippen LogP) is 5.59. The molecule has 3 aromatic heterocycles. The van der Waals surface area contributed by atoms with Gasteiger partial charge in [0.05, 0.1) is 40.1 Å². The standard InChI is InChI=1S/C25H17ClFN5O/c26-21-12-18(27)6-7-22(21)31-25(33)19-13-23(17-4-2-1-3-5-17)30-24-20(19)14-29-32(24)15-16-8-10-28-11-9-16/h1-14H,15H2,(H,31,33). The minimum absolute atomic E-state index is 0.116. The van der Waals surface area contributed by atoms with Crippen molar-refractivity contribution >= 4 is 34.2 Å². The Morgan fingerprint density at radius 1 is 1.03 bits per heavy atom. The molecule has 0 aliphatic carbocycles. The molecule has 0 bridgehead atoms. The van der Waals surface area contributed by atoms with Crippen molar-refractivity contribution in [1.29, 1.82) is 0 Å². The lowest BCUT2D eigenvalue weighted by molar-refractivity contribution is 0.102. The largest absolute Gasteiger partial charge is 0.321 e. The molecule has 0 aliphatic heterocycles. The molecule has 0 aliphatic rings. The Balaban J connectivity index is 1.61. The van der Waals surface area contributed by atoms with Crippen LogP contribution in [0.5, 0.6) is 0 Å². The van der Waals surface area contributed by atoms with Crippen molar-refractivity contribution in [3.63, 3.8) is 0 Å². The zero-order valence-corrected chi connectivity index (χ0v) is 18.0. The van der Waals surface area contributed by atoms with Gasteiger partial charge in [0.2, 0.25) is 0 Å². The number of aromatic nitrogens is 4. The van der Waals surface area contributed by atoms with Gasteiger partial charge in [-0.15, -0.1) is 0 Å². The van der Waals surface area contributed by atoms with E-state index in [1.54, 1.807) is 29.3 Å². The smallest absolute Gasteiger partial charge is 0.256 e. The summed E-state index contributed by atoms with van der Waals surface area (Å²) in [5.41, 5.74) is 3.79. The SMILES string of the molecule is O=C(Nc1ccc(F)cc1Cl)c1cc(-c2ccccc2)nc2c1cnn2Cc1ccncc1. The molecular formula is C25H17ClFN5O. The maximum Gasteiger partial charge on any atom is 0.256 e. The minimum atomic E-state index is -0.479. The maximum atomic E-state index is 13.4. The fourth-order valence-corrected chi connectivity index (χ4v) is 3.76. The van der Waals surface area contributed by atoms with Crippen LogP contribution in [-0.2, 0) is 6.54 Å². The number of hydrogen-bond donors (Lipinski definition) is 1. The Morgan fingerprint density at radius 3 is 2.58 bits per heavy atom. The molecule has 0 radical (unpaired) electrons. The van der Waals surface area contributed by atoms with Crippen molar-refractivity contribution in [3.8, 4) is 11.3 Å². The Labute approximate surface area is 193 Å². The van der Waals surface area contributed by atoms with E-state index in [0.29, 0.717) is 34.5 Å². The second-order valence-electron chi connectivity index (χ2n) is 7.39. The number of rotatable bonds is 5. The van der Waals surface area contributed by atoms with E-state index in [2.05, 4.69) is 15.4 Å². The van der Waals surface area contributed by atoms with Crippen LogP contribution < -0.4 is 5.32 Å². The number of amides is 1. The van der Waals surface area contributed by atoms with Crippen LogP contribution in [0.1, 0.15) is 15.9 Å². The fraction of sp³-hybridized carbons (Fsp3) is 0.0400. The molecule has 33 heavy (non-hydrogen) atoms. The molecule has 6 nitrogen and oxygen atoms in total. The van der Waals surface area contributed by atoms with E-state index in [-0.39, 0.29) is 5.02 Å². The molecule has 1 amide bonds. The topological polar surface area (TPSA) is 72.7 Å². The fourth-order valence-electron chi connectivity index (χ4n) is 3.55. The van der Waals surface area contributed by atoms with Crippen LogP contribution in [0, 0.1) is 5.82 Å². The van der Waals surface area contributed by atoms with Crippen LogP contribution in [0.2, 0.25) is 5.02 Å². The molecule has 3 heterocycles. The molecular weight excluding hydrogens is 441 g/mol. The van der Waals surface area contributed by atoms with Gasteiger partial charge in [0.25, 0.3) is 5.91 Å². The van der Waals surface area contributed by atoms with Gasteiger partial charge in [-0.25, -0.2) is 14.1 Å². The van der Waals surface area contributed by atoms with E-state index >= 15 is 0 Å². The van der Waals surface area contributed by atoms with E-state index in [1.165, 1.54) is 12.1 Å². The van der Waals surface area contributed by atoms with E-state index in [4.69, 9.17) is 16.6 Å². The average Bonchev–Trinajstić information content (AvgIpc) is 3.24. The number of carbonyl (C=O) groups is 1. The minimum Gasteiger partial charge on any atom is -0.321 e. The number of anilines is 1. The lowest BCUT2D eigenvalue weighted by Crippen LogP contribution is -2.13. The number of pyridine rings is 2. The second kappa shape index (κ2) is 8.80. The molecule has 0 saturated heterocycles. The number of carbonyl (C=O) groups excluding carboxylic acids is 1. The monoisotopic (exact) mass is 457 g/mol. The summed E-state index contributed by atoms with van der Waals surface area (Å²) in [5, 5.41) is 7.97. The lowest BCUT2D eigenvalue weighted by atomic mass is 10.1. The third-order valence-corrected chi connectivity index (χ3v) is 5.50. The first-order valence-corrected chi connectivity index (χ1v) is 10.5. The Bertz CT molecular complexity index is 1450. The van der Waals surface area contributed by atoms with Crippen LogP contribution in [-0.4, -0.2) is 25.7 Å². The summed E-state index contributed by atoms with van der Waals surface area (Å²) in [4.78, 5) is 22.1. The van der Waals surface area contributed by atoms with Crippen LogP contribution in [0.4, 0.5) is 10.1 Å². The molecule has 0 fully saturated rings. The van der Waals surface area contributed by atoms with Crippen LogP contribution in [0.15, 0.2) is 85.3 Å². The molecule has 0 saturated carbocycles. The van der Waals surface area contributed by atoms with Crippen molar-refractivity contribution in [2.75, 3.05) is 5.32 Å². The van der Waals surface area contributed by atoms with E-state index < -0.39 is 11.7 Å². The van der Waals surface area contributed by atoms with Crippen molar-refractivity contribution in [2.24, 2.45) is 0 Å². The molecule has 1 N–H and O–H groups in total. The van der Waals surface area contributed by atoms with Gasteiger partial charge >= 0.3 is 0 Å². The van der Waals surface area contributed by atoms with E-state index in [0.717, 1.165) is 17.2 Å². The van der Waals surface area contributed by atoms with Crippen LogP contribution in [0.3, 0.4) is 0 Å². The number of nitrogens with one attached hydrogen (secondary N) is 1. The van der Waals surface area contributed by atoms with Crippen LogP contribution >= 0.6 is 11.6 Å². The highest BCUT2D eigenvalue weighted by Gasteiger charge is 2.19. The number of halogens is 2. The first-order chi connectivity index (χ1) is 16.1. The van der Waals surface area contributed by atoms with Gasteiger partial charge in [-0.1, -0.05) is 41.9 Å². The highest BCUT2D eigenvalue weighted by Crippen LogP contribution is 2.28. The average molecular weight is 458 g/mol.